The van der Waals surface area contributed by atoms with Gasteiger partial charge >= 0.3 is 0 Å². The molecule has 0 aromatic heterocycles. The largest absolute Gasteiger partial charge is 0.0917 e. The molecule has 0 heterocycles. The molecule has 0 amide bonds. The lowest BCUT2D eigenvalue weighted by Crippen LogP contribution is -1.81. The Labute approximate surface area is 109 Å². The molecule has 0 atom stereocenters. The number of allylic oxidation sites excluding steroid dienone is 4. The lowest BCUT2D eigenvalue weighted by atomic mass is 10.1. The van der Waals surface area contributed by atoms with Crippen molar-refractivity contribution in [3.05, 3.63) is 23.8 Å². The Bertz CT molecular complexity index is 192. The molecular formula is C17H32. The van der Waals surface area contributed by atoms with Crippen molar-refractivity contribution in [2.75, 3.05) is 0 Å². The number of hydrogen-bond acceptors (Lipinski definition) is 0. The van der Waals surface area contributed by atoms with Gasteiger partial charge in [-0.2, -0.15) is 0 Å². The highest BCUT2D eigenvalue weighted by Crippen LogP contribution is 2.12. The first-order valence-electron chi connectivity index (χ1n) is 7.64. The minimum absolute atomic E-state index is 1.24. The van der Waals surface area contributed by atoms with Crippen LogP contribution >= 0.6 is 0 Å². The molecule has 17 heavy (non-hydrogen) atoms. The first-order valence-corrected chi connectivity index (χ1v) is 7.64. The topological polar surface area (TPSA) is 0 Å². The fourth-order valence-electron chi connectivity index (χ4n) is 2.13. The van der Waals surface area contributed by atoms with Gasteiger partial charge in [0.2, 0.25) is 0 Å². The quantitative estimate of drug-likeness (QED) is 0.286. The maximum Gasteiger partial charge on any atom is -0.0348 e. The van der Waals surface area contributed by atoms with Crippen LogP contribution in [0.1, 0.15) is 85.0 Å². The minimum atomic E-state index is 1.24. The van der Waals surface area contributed by atoms with Gasteiger partial charge in [0.15, 0.2) is 0 Å². The van der Waals surface area contributed by atoms with E-state index in [1.54, 1.807) is 5.57 Å². The molecule has 0 N–H and O–H groups in total. The van der Waals surface area contributed by atoms with Gasteiger partial charge in [-0.1, -0.05) is 63.3 Å². The van der Waals surface area contributed by atoms with Gasteiger partial charge in [-0.3, -0.25) is 0 Å². The first-order chi connectivity index (χ1) is 8.35. The highest BCUT2D eigenvalue weighted by atomic mass is 14.0. The summed E-state index contributed by atoms with van der Waals surface area (Å²) in [5, 5.41) is 0. The number of unbranched alkanes of at least 4 members (excludes halogenated alkanes) is 7. The molecule has 0 unspecified atom stereocenters. The van der Waals surface area contributed by atoms with E-state index in [0.717, 1.165) is 0 Å². The summed E-state index contributed by atoms with van der Waals surface area (Å²) in [6.07, 6.45) is 20.4. The molecule has 0 radical (unpaired) electrons. The van der Waals surface area contributed by atoms with Crippen molar-refractivity contribution in [1.82, 2.24) is 0 Å². The van der Waals surface area contributed by atoms with E-state index in [0.29, 0.717) is 0 Å². The van der Waals surface area contributed by atoms with E-state index in [1.807, 2.05) is 0 Å². The van der Waals surface area contributed by atoms with E-state index >= 15 is 0 Å². The SMILES string of the molecule is CC=CCCCCCCCCC=C(CC)CC. The van der Waals surface area contributed by atoms with E-state index in [9.17, 15) is 0 Å². The van der Waals surface area contributed by atoms with Crippen LogP contribution in [0.5, 0.6) is 0 Å². The Morgan fingerprint density at radius 1 is 0.765 bits per heavy atom. The van der Waals surface area contributed by atoms with Crippen LogP contribution < -0.4 is 0 Å². The predicted octanol–water partition coefficient (Wildman–Crippen LogP) is 6.43. The molecular weight excluding hydrogens is 204 g/mol. The summed E-state index contributed by atoms with van der Waals surface area (Å²) in [6, 6.07) is 0. The highest BCUT2D eigenvalue weighted by Gasteiger charge is 1.92. The fraction of sp³-hybridized carbons (Fsp3) is 0.765. The van der Waals surface area contributed by atoms with Gasteiger partial charge in [0, 0.05) is 0 Å². The minimum Gasteiger partial charge on any atom is -0.0917 e. The smallest absolute Gasteiger partial charge is 0.0348 e. The molecule has 0 aliphatic heterocycles. The molecule has 0 aliphatic carbocycles. The van der Waals surface area contributed by atoms with Crippen molar-refractivity contribution < 1.29 is 0 Å². The second kappa shape index (κ2) is 13.5. The predicted molar refractivity (Wildman–Crippen MR) is 80.4 cm³/mol. The molecule has 0 aromatic rings. The third-order valence-electron chi connectivity index (χ3n) is 3.40. The van der Waals surface area contributed by atoms with Crippen LogP contribution in [0, 0.1) is 0 Å². The van der Waals surface area contributed by atoms with Crippen molar-refractivity contribution >= 4 is 0 Å². The van der Waals surface area contributed by atoms with Gasteiger partial charge in [-0.15, -0.1) is 0 Å². The molecule has 0 saturated heterocycles. The van der Waals surface area contributed by atoms with Crippen LogP contribution in [-0.2, 0) is 0 Å². The number of hydrogen-bond donors (Lipinski definition) is 0. The van der Waals surface area contributed by atoms with E-state index in [2.05, 4.69) is 39.0 Å². The molecule has 0 aromatic carbocycles. The molecule has 0 fully saturated rings. The van der Waals surface area contributed by atoms with Crippen molar-refractivity contribution in [3.8, 4) is 0 Å². The Morgan fingerprint density at radius 2 is 1.29 bits per heavy atom. The van der Waals surface area contributed by atoms with Crippen molar-refractivity contribution in [1.29, 1.82) is 0 Å². The van der Waals surface area contributed by atoms with Crippen LogP contribution in [0.15, 0.2) is 23.8 Å². The van der Waals surface area contributed by atoms with Crippen molar-refractivity contribution in [2.24, 2.45) is 0 Å². The lowest BCUT2D eigenvalue weighted by Gasteiger charge is -2.01. The zero-order chi connectivity index (χ0) is 12.8. The summed E-state index contributed by atoms with van der Waals surface area (Å²) >= 11 is 0. The molecule has 0 saturated carbocycles. The van der Waals surface area contributed by atoms with Crippen molar-refractivity contribution in [2.45, 2.75) is 85.0 Å². The standard InChI is InChI=1S/C17H32/c1-4-7-8-9-10-11-12-13-14-15-16-17(5-2)6-3/h4,7,16H,5-6,8-15H2,1-3H3. The normalized spacial score (nSPS) is 11.0. The molecule has 0 bridgehead atoms. The van der Waals surface area contributed by atoms with Gasteiger partial charge in [0.05, 0.1) is 0 Å². The monoisotopic (exact) mass is 236 g/mol. The van der Waals surface area contributed by atoms with Gasteiger partial charge in [-0.25, -0.2) is 0 Å². The molecule has 0 spiro atoms. The zero-order valence-electron chi connectivity index (χ0n) is 12.3. The van der Waals surface area contributed by atoms with E-state index in [-0.39, 0.29) is 0 Å². The summed E-state index contributed by atoms with van der Waals surface area (Å²) in [5.41, 5.74) is 1.64. The average molecular weight is 236 g/mol. The van der Waals surface area contributed by atoms with Gasteiger partial charge in [-0.05, 0) is 45.4 Å². The van der Waals surface area contributed by atoms with Crippen LogP contribution in [0.25, 0.3) is 0 Å². The van der Waals surface area contributed by atoms with Crippen LogP contribution in [0.4, 0.5) is 0 Å². The third kappa shape index (κ3) is 11.7. The maximum atomic E-state index is 2.46. The highest BCUT2D eigenvalue weighted by molar-refractivity contribution is 4.99. The van der Waals surface area contributed by atoms with Crippen LogP contribution in [0.3, 0.4) is 0 Å². The Kier molecular flexibility index (Phi) is 13.1. The Morgan fingerprint density at radius 3 is 1.82 bits per heavy atom. The number of rotatable bonds is 11. The molecule has 0 heteroatoms. The molecule has 0 aliphatic rings. The Hall–Kier alpha value is -0.520. The van der Waals surface area contributed by atoms with E-state index < -0.39 is 0 Å². The van der Waals surface area contributed by atoms with Gasteiger partial charge < -0.3 is 0 Å². The third-order valence-corrected chi connectivity index (χ3v) is 3.40. The molecule has 0 rings (SSSR count). The maximum absolute atomic E-state index is 2.46. The second-order valence-corrected chi connectivity index (χ2v) is 4.84. The summed E-state index contributed by atoms with van der Waals surface area (Å²) < 4.78 is 0. The molecule has 100 valence electrons. The van der Waals surface area contributed by atoms with Gasteiger partial charge in [0.1, 0.15) is 0 Å². The lowest BCUT2D eigenvalue weighted by molar-refractivity contribution is 0.599. The van der Waals surface area contributed by atoms with E-state index in [4.69, 9.17) is 0 Å². The fourth-order valence-corrected chi connectivity index (χ4v) is 2.13. The van der Waals surface area contributed by atoms with Crippen LogP contribution in [-0.4, -0.2) is 0 Å². The zero-order valence-corrected chi connectivity index (χ0v) is 12.3. The van der Waals surface area contributed by atoms with Gasteiger partial charge in [0.25, 0.3) is 0 Å². The first kappa shape index (κ1) is 16.5. The van der Waals surface area contributed by atoms with Crippen molar-refractivity contribution in [3.63, 3.8) is 0 Å². The second-order valence-electron chi connectivity index (χ2n) is 4.84. The summed E-state index contributed by atoms with van der Waals surface area (Å²) in [4.78, 5) is 0. The van der Waals surface area contributed by atoms with E-state index in [1.165, 1.54) is 64.2 Å². The summed E-state index contributed by atoms with van der Waals surface area (Å²) in [6.45, 7) is 6.63. The van der Waals surface area contributed by atoms with Crippen LogP contribution in [0.2, 0.25) is 0 Å². The summed E-state index contributed by atoms with van der Waals surface area (Å²) in [7, 11) is 0. The molecule has 0 nitrogen and oxygen atoms in total. The Balaban J connectivity index is 3.21. The summed E-state index contributed by atoms with van der Waals surface area (Å²) in [5.74, 6) is 0. The average Bonchev–Trinajstić information content (AvgIpc) is 2.36.